The van der Waals surface area contributed by atoms with Gasteiger partial charge in [0.2, 0.25) is 0 Å². The first-order valence-electron chi connectivity index (χ1n) is 9.14. The van der Waals surface area contributed by atoms with Gasteiger partial charge in [0.05, 0.1) is 19.8 Å². The van der Waals surface area contributed by atoms with Crippen molar-refractivity contribution in [3.63, 3.8) is 0 Å². The van der Waals surface area contributed by atoms with Crippen molar-refractivity contribution >= 4 is 33.3 Å². The van der Waals surface area contributed by atoms with Gasteiger partial charge in [-0.1, -0.05) is 12.8 Å². The number of nitrogens with zero attached hydrogens (tertiary/aromatic N) is 1. The molecule has 2 fully saturated rings. The van der Waals surface area contributed by atoms with Crippen LogP contribution >= 0.6 is 11.3 Å². The molecular formula is C18H25NO6S2. The standard InChI is InChI=1S/C18H25NO6S2/c1-11-14(16(20)24-2)18(26-15(11)17(21)25-3)27(22,23)19-10-6-8-12-7-4-5-9-13(12)19/h12-13H,4-10H2,1-3H3/t12-,13+/m0/s1. The van der Waals surface area contributed by atoms with Crippen LogP contribution in [0.2, 0.25) is 0 Å². The minimum atomic E-state index is -3.92. The summed E-state index contributed by atoms with van der Waals surface area (Å²) in [7, 11) is -1.49. The van der Waals surface area contributed by atoms with E-state index in [-0.39, 0.29) is 26.3 Å². The molecule has 0 radical (unpaired) electrons. The molecule has 0 N–H and O–H groups in total. The molecule has 0 aromatic carbocycles. The lowest BCUT2D eigenvalue weighted by atomic mass is 9.79. The fourth-order valence-corrected chi connectivity index (χ4v) is 7.89. The van der Waals surface area contributed by atoms with Crippen LogP contribution in [0, 0.1) is 12.8 Å². The van der Waals surface area contributed by atoms with Gasteiger partial charge in [-0.15, -0.1) is 11.3 Å². The van der Waals surface area contributed by atoms with Gasteiger partial charge in [-0.25, -0.2) is 18.0 Å². The van der Waals surface area contributed by atoms with Crippen molar-refractivity contribution in [2.75, 3.05) is 20.8 Å². The lowest BCUT2D eigenvalue weighted by Crippen LogP contribution is -2.49. The van der Waals surface area contributed by atoms with E-state index < -0.39 is 22.0 Å². The van der Waals surface area contributed by atoms with Crippen LogP contribution in [0.5, 0.6) is 0 Å². The maximum absolute atomic E-state index is 13.5. The van der Waals surface area contributed by atoms with E-state index in [0.717, 1.165) is 49.9 Å². The Morgan fingerprint density at radius 2 is 1.67 bits per heavy atom. The fourth-order valence-electron chi connectivity index (χ4n) is 4.28. The average Bonchev–Trinajstić information content (AvgIpc) is 3.04. The Labute approximate surface area is 163 Å². The lowest BCUT2D eigenvalue weighted by molar-refractivity contribution is 0.0596. The number of rotatable bonds is 4. The molecule has 0 unspecified atom stereocenters. The molecule has 2 atom stereocenters. The minimum Gasteiger partial charge on any atom is -0.465 e. The van der Waals surface area contributed by atoms with E-state index in [1.165, 1.54) is 14.2 Å². The highest BCUT2D eigenvalue weighted by atomic mass is 32.2. The van der Waals surface area contributed by atoms with Crippen molar-refractivity contribution in [1.29, 1.82) is 0 Å². The van der Waals surface area contributed by atoms with Crippen molar-refractivity contribution in [3.05, 3.63) is 16.0 Å². The molecule has 0 bridgehead atoms. The topological polar surface area (TPSA) is 90.0 Å². The van der Waals surface area contributed by atoms with Gasteiger partial charge >= 0.3 is 11.9 Å². The van der Waals surface area contributed by atoms with Crippen LogP contribution in [0.4, 0.5) is 0 Å². The van der Waals surface area contributed by atoms with E-state index in [9.17, 15) is 18.0 Å². The summed E-state index contributed by atoms with van der Waals surface area (Å²) in [5.41, 5.74) is 0.232. The fraction of sp³-hybridized carbons (Fsp3) is 0.667. The number of piperidine rings is 1. The predicted octanol–water partition coefficient (Wildman–Crippen LogP) is 2.97. The SMILES string of the molecule is COC(=O)c1sc(S(=O)(=O)N2CCC[C@@H]3CCCC[C@H]32)c(C(=O)OC)c1C. The van der Waals surface area contributed by atoms with Crippen molar-refractivity contribution in [2.24, 2.45) is 5.92 Å². The summed E-state index contributed by atoms with van der Waals surface area (Å²) < 4.78 is 38.1. The molecular weight excluding hydrogens is 390 g/mol. The third-order valence-corrected chi connectivity index (χ3v) is 9.30. The number of sulfonamides is 1. The third kappa shape index (κ3) is 3.52. The van der Waals surface area contributed by atoms with Gasteiger partial charge in [0.25, 0.3) is 10.0 Å². The maximum atomic E-state index is 13.5. The molecule has 2 heterocycles. The molecule has 1 aromatic heterocycles. The molecule has 1 saturated carbocycles. The highest BCUT2D eigenvalue weighted by Crippen LogP contribution is 2.41. The van der Waals surface area contributed by atoms with E-state index in [2.05, 4.69) is 0 Å². The lowest BCUT2D eigenvalue weighted by Gasteiger charge is -2.42. The van der Waals surface area contributed by atoms with E-state index in [1.807, 2.05) is 0 Å². The first kappa shape index (κ1) is 20.3. The Hall–Kier alpha value is -1.45. The first-order valence-corrected chi connectivity index (χ1v) is 11.4. The van der Waals surface area contributed by atoms with Crippen LogP contribution < -0.4 is 0 Å². The molecule has 150 valence electrons. The third-order valence-electron chi connectivity index (χ3n) is 5.61. The number of thiophene rings is 1. The molecule has 7 nitrogen and oxygen atoms in total. The summed E-state index contributed by atoms with van der Waals surface area (Å²) in [4.78, 5) is 24.5. The number of fused-ring (bicyclic) bond motifs is 1. The van der Waals surface area contributed by atoms with Gasteiger partial charge in [0.1, 0.15) is 4.88 Å². The van der Waals surface area contributed by atoms with Crippen molar-refractivity contribution < 1.29 is 27.5 Å². The Kier molecular flexibility index (Phi) is 5.93. The van der Waals surface area contributed by atoms with Crippen LogP contribution in [-0.2, 0) is 19.5 Å². The summed E-state index contributed by atoms with van der Waals surface area (Å²) in [6.07, 6.45) is 5.86. The van der Waals surface area contributed by atoms with Crippen LogP contribution in [-0.4, -0.2) is 51.5 Å². The Morgan fingerprint density at radius 3 is 2.33 bits per heavy atom. The molecule has 3 rings (SSSR count). The second-order valence-electron chi connectivity index (χ2n) is 7.07. The monoisotopic (exact) mass is 415 g/mol. The normalized spacial score (nSPS) is 23.5. The number of hydrogen-bond acceptors (Lipinski definition) is 7. The molecule has 1 saturated heterocycles. The zero-order chi connectivity index (χ0) is 19.8. The maximum Gasteiger partial charge on any atom is 0.348 e. The molecule has 0 amide bonds. The highest BCUT2D eigenvalue weighted by Gasteiger charge is 2.43. The molecule has 1 aliphatic carbocycles. The second kappa shape index (κ2) is 7.89. The zero-order valence-electron chi connectivity index (χ0n) is 15.8. The van der Waals surface area contributed by atoms with Gasteiger partial charge < -0.3 is 9.47 Å². The van der Waals surface area contributed by atoms with Crippen LogP contribution in [0.25, 0.3) is 0 Å². The molecule has 2 aliphatic rings. The average molecular weight is 416 g/mol. The molecule has 1 aliphatic heterocycles. The highest BCUT2D eigenvalue weighted by molar-refractivity contribution is 7.91. The molecule has 0 spiro atoms. The predicted molar refractivity (Wildman–Crippen MR) is 101 cm³/mol. The molecule has 9 heteroatoms. The summed E-state index contributed by atoms with van der Waals surface area (Å²) >= 11 is 0.797. The van der Waals surface area contributed by atoms with E-state index in [1.54, 1.807) is 11.2 Å². The zero-order valence-corrected chi connectivity index (χ0v) is 17.5. The smallest absolute Gasteiger partial charge is 0.348 e. The van der Waals surface area contributed by atoms with E-state index in [4.69, 9.17) is 9.47 Å². The summed E-state index contributed by atoms with van der Waals surface area (Å²) in [5.74, 6) is -1.04. The number of esters is 2. The van der Waals surface area contributed by atoms with Crippen LogP contribution in [0.3, 0.4) is 0 Å². The number of carbonyl (C=O) groups excluding carboxylic acids is 2. The van der Waals surface area contributed by atoms with Gasteiger partial charge in [0.15, 0.2) is 4.21 Å². The number of methoxy groups -OCH3 is 2. The Bertz CT molecular complexity index is 842. The van der Waals surface area contributed by atoms with Crippen molar-refractivity contribution in [1.82, 2.24) is 4.31 Å². The Morgan fingerprint density at radius 1 is 1.04 bits per heavy atom. The summed E-state index contributed by atoms with van der Waals surface area (Å²) in [6.45, 7) is 1.99. The summed E-state index contributed by atoms with van der Waals surface area (Å²) in [6, 6.07) is -0.0352. The summed E-state index contributed by atoms with van der Waals surface area (Å²) in [5, 5.41) is 0. The van der Waals surface area contributed by atoms with Crippen LogP contribution in [0.15, 0.2) is 4.21 Å². The van der Waals surface area contributed by atoms with Gasteiger partial charge in [-0.3, -0.25) is 0 Å². The second-order valence-corrected chi connectivity index (χ2v) is 10.2. The van der Waals surface area contributed by atoms with Gasteiger partial charge in [0, 0.05) is 12.6 Å². The van der Waals surface area contributed by atoms with Crippen LogP contribution in [0.1, 0.15) is 64.1 Å². The molecule has 1 aromatic rings. The Balaban J connectivity index is 2.10. The van der Waals surface area contributed by atoms with Crippen molar-refractivity contribution in [3.8, 4) is 0 Å². The quantitative estimate of drug-likeness (QED) is 0.702. The molecule has 27 heavy (non-hydrogen) atoms. The van der Waals surface area contributed by atoms with Crippen molar-refractivity contribution in [2.45, 2.75) is 55.7 Å². The van der Waals surface area contributed by atoms with Gasteiger partial charge in [-0.2, -0.15) is 4.31 Å². The van der Waals surface area contributed by atoms with Gasteiger partial charge in [-0.05, 0) is 44.1 Å². The number of ether oxygens (including phenoxy) is 2. The number of carbonyl (C=O) groups is 2. The first-order chi connectivity index (χ1) is 12.8. The minimum absolute atomic E-state index is 0.0352. The number of hydrogen-bond donors (Lipinski definition) is 0. The van der Waals surface area contributed by atoms with E-state index in [0.29, 0.717) is 12.5 Å². The largest absolute Gasteiger partial charge is 0.465 e. The van der Waals surface area contributed by atoms with E-state index >= 15 is 0 Å².